The molecule has 0 amide bonds. The van der Waals surface area contributed by atoms with Crippen LogP contribution in [-0.2, 0) is 11.2 Å². The Balaban J connectivity index is 2.19. The lowest BCUT2D eigenvalue weighted by molar-refractivity contribution is 0.204. The summed E-state index contributed by atoms with van der Waals surface area (Å²) in [5, 5.41) is 0. The largest absolute Gasteiger partial charge is 0.616 e. The molecule has 2 rings (SSSR count). The van der Waals surface area contributed by atoms with Crippen molar-refractivity contribution in [2.75, 3.05) is 11.5 Å². The summed E-state index contributed by atoms with van der Waals surface area (Å²) in [6.45, 7) is 4.71. The summed E-state index contributed by atoms with van der Waals surface area (Å²) < 4.78 is 11.3. The molecular weight excluding hydrogens is 156 g/mol. The van der Waals surface area contributed by atoms with Gasteiger partial charge in [0, 0.05) is 11.8 Å². The molecule has 64 valence electrons. The van der Waals surface area contributed by atoms with Crippen molar-refractivity contribution in [3.8, 4) is 0 Å². The van der Waals surface area contributed by atoms with E-state index in [0.29, 0.717) is 5.41 Å². The second-order valence-corrected chi connectivity index (χ2v) is 6.11. The zero-order valence-corrected chi connectivity index (χ0v) is 8.12. The Morgan fingerprint density at radius 3 is 2.09 bits per heavy atom. The SMILES string of the molecule is CC1(C)C2CC[C@H]1C[S+]([O-])C2. The Morgan fingerprint density at radius 2 is 1.64 bits per heavy atom. The monoisotopic (exact) mass is 172 g/mol. The van der Waals surface area contributed by atoms with E-state index in [4.69, 9.17) is 0 Å². The van der Waals surface area contributed by atoms with Gasteiger partial charge in [-0.2, -0.15) is 0 Å². The van der Waals surface area contributed by atoms with E-state index < -0.39 is 11.2 Å². The lowest BCUT2D eigenvalue weighted by atomic mass is 9.77. The van der Waals surface area contributed by atoms with E-state index in [1.807, 2.05) is 0 Å². The second kappa shape index (κ2) is 2.40. The van der Waals surface area contributed by atoms with E-state index in [0.717, 1.165) is 23.3 Å². The van der Waals surface area contributed by atoms with Crippen molar-refractivity contribution in [2.45, 2.75) is 26.7 Å². The third kappa shape index (κ3) is 1.11. The third-order valence-electron chi connectivity index (χ3n) is 3.74. The first-order chi connectivity index (χ1) is 5.10. The van der Waals surface area contributed by atoms with Gasteiger partial charge in [-0.3, -0.25) is 0 Å². The maximum atomic E-state index is 11.3. The predicted octanol–water partition coefficient (Wildman–Crippen LogP) is 1.80. The van der Waals surface area contributed by atoms with Gasteiger partial charge in [0.05, 0.1) is 0 Å². The van der Waals surface area contributed by atoms with E-state index in [1.54, 1.807) is 0 Å². The van der Waals surface area contributed by atoms with Crippen molar-refractivity contribution in [2.24, 2.45) is 17.3 Å². The van der Waals surface area contributed by atoms with Gasteiger partial charge in [-0.05, 0) is 18.3 Å². The number of hydrogen-bond donors (Lipinski definition) is 0. The summed E-state index contributed by atoms with van der Waals surface area (Å²) in [4.78, 5) is 0. The fourth-order valence-corrected chi connectivity index (χ4v) is 4.82. The first kappa shape index (κ1) is 7.93. The minimum absolute atomic E-state index is 0.484. The summed E-state index contributed by atoms with van der Waals surface area (Å²) in [6.07, 6.45) is 2.65. The molecule has 2 unspecified atom stereocenters. The third-order valence-corrected chi connectivity index (χ3v) is 5.29. The molecule has 11 heavy (non-hydrogen) atoms. The molecule has 0 aromatic heterocycles. The average molecular weight is 172 g/mol. The Bertz CT molecular complexity index is 151. The maximum absolute atomic E-state index is 11.3. The smallest absolute Gasteiger partial charge is 0.108 e. The highest BCUT2D eigenvalue weighted by molar-refractivity contribution is 7.91. The molecule has 0 aromatic carbocycles. The van der Waals surface area contributed by atoms with E-state index >= 15 is 0 Å². The molecule has 2 fully saturated rings. The fourth-order valence-electron chi connectivity index (χ4n) is 2.59. The average Bonchev–Trinajstić information content (AvgIpc) is 2.19. The van der Waals surface area contributed by atoms with Crippen molar-refractivity contribution < 1.29 is 4.55 Å². The van der Waals surface area contributed by atoms with Crippen LogP contribution >= 0.6 is 0 Å². The molecule has 2 bridgehead atoms. The highest BCUT2D eigenvalue weighted by Crippen LogP contribution is 2.51. The van der Waals surface area contributed by atoms with E-state index in [9.17, 15) is 4.55 Å². The molecule has 1 heterocycles. The molecule has 1 nitrogen and oxygen atoms in total. The summed E-state index contributed by atoms with van der Waals surface area (Å²) in [5.41, 5.74) is 0.494. The number of hydrogen-bond acceptors (Lipinski definition) is 1. The van der Waals surface area contributed by atoms with Gasteiger partial charge >= 0.3 is 0 Å². The predicted molar refractivity (Wildman–Crippen MR) is 47.9 cm³/mol. The van der Waals surface area contributed by atoms with Crippen molar-refractivity contribution in [3.63, 3.8) is 0 Å². The molecule has 0 spiro atoms. The first-order valence-electron chi connectivity index (χ1n) is 4.45. The Kier molecular flexibility index (Phi) is 1.73. The van der Waals surface area contributed by atoms with Crippen LogP contribution in [0.25, 0.3) is 0 Å². The van der Waals surface area contributed by atoms with Crippen LogP contribution in [0.5, 0.6) is 0 Å². The first-order valence-corrected chi connectivity index (χ1v) is 5.94. The molecule has 1 aliphatic heterocycles. The van der Waals surface area contributed by atoms with Crippen LogP contribution in [0.4, 0.5) is 0 Å². The van der Waals surface area contributed by atoms with Crippen molar-refractivity contribution >= 4 is 11.2 Å². The van der Waals surface area contributed by atoms with Gasteiger partial charge in [-0.25, -0.2) is 0 Å². The number of fused-ring (bicyclic) bond motifs is 2. The van der Waals surface area contributed by atoms with Crippen LogP contribution in [0.15, 0.2) is 0 Å². The number of rotatable bonds is 0. The van der Waals surface area contributed by atoms with Crippen LogP contribution in [0, 0.1) is 17.3 Å². The minimum atomic E-state index is -0.484. The molecular formula is C9H16OS. The van der Waals surface area contributed by atoms with Crippen LogP contribution in [0.2, 0.25) is 0 Å². The molecule has 2 heteroatoms. The molecule has 1 aliphatic carbocycles. The molecule has 2 aliphatic rings. The van der Waals surface area contributed by atoms with Gasteiger partial charge in [-0.15, -0.1) is 0 Å². The lowest BCUT2D eigenvalue weighted by Crippen LogP contribution is -2.40. The standard InChI is InChI=1S/C9H16OS/c1-9(2)7-3-4-8(9)6-11(10)5-7/h7-8H,3-6H2,1-2H3/t7-,8?,11?/m0/s1. The van der Waals surface area contributed by atoms with Crippen molar-refractivity contribution in [1.29, 1.82) is 0 Å². The van der Waals surface area contributed by atoms with E-state index in [2.05, 4.69) is 13.8 Å². The molecule has 0 aromatic rings. The van der Waals surface area contributed by atoms with Crippen molar-refractivity contribution in [3.05, 3.63) is 0 Å². The van der Waals surface area contributed by atoms with E-state index in [-0.39, 0.29) is 0 Å². The Hall–Kier alpha value is 0.310. The molecule has 0 N–H and O–H groups in total. The quantitative estimate of drug-likeness (QED) is 0.511. The van der Waals surface area contributed by atoms with Gasteiger partial charge in [0.1, 0.15) is 11.5 Å². The highest BCUT2D eigenvalue weighted by atomic mass is 32.2. The Labute approximate surface area is 71.7 Å². The second-order valence-electron chi connectivity index (χ2n) is 4.57. The van der Waals surface area contributed by atoms with Crippen LogP contribution < -0.4 is 0 Å². The summed E-state index contributed by atoms with van der Waals surface area (Å²) in [5.74, 6) is 3.46. The summed E-state index contributed by atoms with van der Waals surface area (Å²) >= 11 is -0.484. The topological polar surface area (TPSA) is 23.1 Å². The normalized spacial score (nSPS) is 47.7. The van der Waals surface area contributed by atoms with Gasteiger partial charge < -0.3 is 4.55 Å². The maximum Gasteiger partial charge on any atom is 0.108 e. The zero-order valence-electron chi connectivity index (χ0n) is 7.30. The van der Waals surface area contributed by atoms with E-state index in [1.165, 1.54) is 12.8 Å². The van der Waals surface area contributed by atoms with Crippen LogP contribution in [-0.4, -0.2) is 16.1 Å². The summed E-state index contributed by atoms with van der Waals surface area (Å²) in [7, 11) is 0. The van der Waals surface area contributed by atoms with Gasteiger partial charge in [0.15, 0.2) is 0 Å². The van der Waals surface area contributed by atoms with Crippen LogP contribution in [0.3, 0.4) is 0 Å². The van der Waals surface area contributed by atoms with Crippen LogP contribution in [0.1, 0.15) is 26.7 Å². The fraction of sp³-hybridized carbons (Fsp3) is 1.00. The minimum Gasteiger partial charge on any atom is -0.616 e. The Morgan fingerprint density at radius 1 is 1.18 bits per heavy atom. The van der Waals surface area contributed by atoms with Gasteiger partial charge in [0.2, 0.25) is 0 Å². The molecule has 3 atom stereocenters. The molecule has 1 saturated carbocycles. The highest BCUT2D eigenvalue weighted by Gasteiger charge is 2.50. The van der Waals surface area contributed by atoms with Gasteiger partial charge in [-0.1, -0.05) is 25.0 Å². The van der Waals surface area contributed by atoms with Crippen molar-refractivity contribution in [1.82, 2.24) is 0 Å². The molecule has 0 radical (unpaired) electrons. The molecule has 1 saturated heterocycles. The van der Waals surface area contributed by atoms with Gasteiger partial charge in [0.25, 0.3) is 0 Å². The lowest BCUT2D eigenvalue weighted by Gasteiger charge is -2.37. The zero-order chi connectivity index (χ0) is 8.06. The summed E-state index contributed by atoms with van der Waals surface area (Å²) in [6, 6.07) is 0.